The van der Waals surface area contributed by atoms with Gasteiger partial charge in [-0.1, -0.05) is 49.4 Å². The van der Waals surface area contributed by atoms with Crippen molar-refractivity contribution in [2.45, 2.75) is 46.1 Å². The van der Waals surface area contributed by atoms with Crippen LogP contribution in [0.25, 0.3) is 11.1 Å². The largest absolute Gasteiger partial charge is 0.459 e. The van der Waals surface area contributed by atoms with E-state index in [2.05, 4.69) is 11.4 Å². The molecule has 1 aliphatic heterocycles. The van der Waals surface area contributed by atoms with E-state index in [1.807, 2.05) is 64.1 Å². The Hall–Kier alpha value is -3.65. The molecule has 1 N–H and O–H groups in total. The van der Waals surface area contributed by atoms with E-state index in [1.54, 1.807) is 6.07 Å². The number of carbonyl (C=O) groups is 2. The van der Waals surface area contributed by atoms with Gasteiger partial charge in [0.05, 0.1) is 29.2 Å². The standard InChI is InChI=1S/C26H24N2O3/c1-5-14(2)31-26(30)22-16(4)28-15(3)21(13-27)24(22)19-11-8-12-20-23(19)17-9-6-7-10-18(17)25(20)29/h6-12,14,24,28H,5H2,1-4H3. The van der Waals surface area contributed by atoms with Gasteiger partial charge in [0.25, 0.3) is 0 Å². The molecule has 31 heavy (non-hydrogen) atoms. The monoisotopic (exact) mass is 412 g/mol. The van der Waals surface area contributed by atoms with Crippen LogP contribution in [-0.4, -0.2) is 17.9 Å². The number of nitriles is 1. The highest BCUT2D eigenvalue weighted by Crippen LogP contribution is 2.47. The number of nitrogens with zero attached hydrogens (tertiary/aromatic N) is 1. The summed E-state index contributed by atoms with van der Waals surface area (Å²) in [6.45, 7) is 7.45. The molecule has 0 fully saturated rings. The Bertz CT molecular complexity index is 1210. The van der Waals surface area contributed by atoms with Crippen LogP contribution in [0.15, 0.2) is 65.0 Å². The number of ketones is 1. The summed E-state index contributed by atoms with van der Waals surface area (Å²) in [6, 6.07) is 15.3. The number of ether oxygens (including phenoxy) is 1. The van der Waals surface area contributed by atoms with E-state index < -0.39 is 11.9 Å². The Morgan fingerprint density at radius 3 is 2.45 bits per heavy atom. The Morgan fingerprint density at radius 1 is 1.10 bits per heavy atom. The number of hydrogen-bond acceptors (Lipinski definition) is 5. The smallest absolute Gasteiger partial charge is 0.337 e. The van der Waals surface area contributed by atoms with Crippen LogP contribution in [0.4, 0.5) is 0 Å². The maximum absolute atomic E-state index is 13.2. The average Bonchev–Trinajstić information content (AvgIpc) is 3.05. The zero-order valence-corrected chi connectivity index (χ0v) is 18.1. The van der Waals surface area contributed by atoms with Gasteiger partial charge in [-0.15, -0.1) is 0 Å². The van der Waals surface area contributed by atoms with E-state index in [-0.39, 0.29) is 11.9 Å². The lowest BCUT2D eigenvalue weighted by Gasteiger charge is -2.30. The molecule has 2 atom stereocenters. The maximum atomic E-state index is 13.2. The molecular formula is C26H24N2O3. The van der Waals surface area contributed by atoms with E-state index >= 15 is 0 Å². The van der Waals surface area contributed by atoms with Crippen molar-refractivity contribution in [2.75, 3.05) is 0 Å². The number of carbonyl (C=O) groups excluding carboxylic acids is 2. The quantitative estimate of drug-likeness (QED) is 0.610. The van der Waals surface area contributed by atoms with Crippen molar-refractivity contribution in [3.8, 4) is 17.2 Å². The van der Waals surface area contributed by atoms with Crippen LogP contribution in [0, 0.1) is 11.3 Å². The van der Waals surface area contributed by atoms with Gasteiger partial charge in [-0.2, -0.15) is 5.26 Å². The number of dihydropyridines is 1. The second-order valence-electron chi connectivity index (χ2n) is 8.02. The Balaban J connectivity index is 1.96. The highest BCUT2D eigenvalue weighted by Gasteiger charge is 2.39. The third kappa shape index (κ3) is 3.25. The van der Waals surface area contributed by atoms with Gasteiger partial charge in [0.1, 0.15) is 0 Å². The van der Waals surface area contributed by atoms with Gasteiger partial charge >= 0.3 is 5.97 Å². The molecule has 0 spiro atoms. The molecule has 2 aliphatic rings. The molecule has 0 saturated carbocycles. The fourth-order valence-electron chi connectivity index (χ4n) is 4.40. The summed E-state index contributed by atoms with van der Waals surface area (Å²) in [5, 5.41) is 13.2. The summed E-state index contributed by atoms with van der Waals surface area (Å²) in [5.41, 5.74) is 5.84. The summed E-state index contributed by atoms with van der Waals surface area (Å²) in [7, 11) is 0. The van der Waals surface area contributed by atoms with Gasteiger partial charge in [0, 0.05) is 22.5 Å². The molecule has 5 heteroatoms. The molecule has 1 heterocycles. The molecule has 0 radical (unpaired) electrons. The summed E-state index contributed by atoms with van der Waals surface area (Å²) in [4.78, 5) is 26.2. The summed E-state index contributed by atoms with van der Waals surface area (Å²) >= 11 is 0. The Morgan fingerprint density at radius 2 is 1.77 bits per heavy atom. The third-order valence-electron chi connectivity index (χ3n) is 6.08. The number of rotatable bonds is 4. The number of benzene rings is 2. The lowest BCUT2D eigenvalue weighted by Crippen LogP contribution is -2.30. The van der Waals surface area contributed by atoms with Gasteiger partial charge < -0.3 is 10.1 Å². The average molecular weight is 412 g/mol. The molecule has 2 unspecified atom stereocenters. The van der Waals surface area contributed by atoms with Crippen molar-refractivity contribution >= 4 is 11.8 Å². The highest BCUT2D eigenvalue weighted by atomic mass is 16.5. The van der Waals surface area contributed by atoms with Crippen molar-refractivity contribution in [1.29, 1.82) is 5.26 Å². The van der Waals surface area contributed by atoms with E-state index in [4.69, 9.17) is 4.74 Å². The van der Waals surface area contributed by atoms with Crippen molar-refractivity contribution in [1.82, 2.24) is 5.32 Å². The van der Waals surface area contributed by atoms with Crippen LogP contribution >= 0.6 is 0 Å². The number of fused-ring (bicyclic) bond motifs is 3. The summed E-state index contributed by atoms with van der Waals surface area (Å²) in [6.07, 6.45) is 0.452. The van der Waals surface area contributed by atoms with E-state index in [9.17, 15) is 14.9 Å². The molecule has 0 saturated heterocycles. The lowest BCUT2D eigenvalue weighted by atomic mass is 9.78. The van der Waals surface area contributed by atoms with Crippen molar-refractivity contribution < 1.29 is 14.3 Å². The minimum atomic E-state index is -0.614. The van der Waals surface area contributed by atoms with Crippen LogP contribution in [0.1, 0.15) is 61.5 Å². The van der Waals surface area contributed by atoms with Crippen molar-refractivity contribution in [2.24, 2.45) is 0 Å². The van der Waals surface area contributed by atoms with E-state index in [0.29, 0.717) is 40.1 Å². The predicted octanol–water partition coefficient (Wildman–Crippen LogP) is 5.00. The second-order valence-corrected chi connectivity index (χ2v) is 8.02. The van der Waals surface area contributed by atoms with Gasteiger partial charge in [0.2, 0.25) is 0 Å². The molecule has 0 bridgehead atoms. The molecule has 0 amide bonds. The number of nitrogens with one attached hydrogen (secondary N) is 1. The van der Waals surface area contributed by atoms with Crippen LogP contribution in [-0.2, 0) is 9.53 Å². The zero-order valence-electron chi connectivity index (χ0n) is 18.1. The maximum Gasteiger partial charge on any atom is 0.337 e. The Labute approximate surface area is 182 Å². The van der Waals surface area contributed by atoms with Gasteiger partial charge in [-0.25, -0.2) is 4.79 Å². The van der Waals surface area contributed by atoms with Crippen LogP contribution in [0.2, 0.25) is 0 Å². The van der Waals surface area contributed by atoms with Gasteiger partial charge in [-0.05, 0) is 43.9 Å². The first-order chi connectivity index (χ1) is 14.9. The lowest BCUT2D eigenvalue weighted by molar-refractivity contribution is -0.143. The number of allylic oxidation sites excluding steroid dienone is 3. The van der Waals surface area contributed by atoms with Crippen molar-refractivity contribution in [3.05, 3.63) is 81.7 Å². The molecule has 5 nitrogen and oxygen atoms in total. The fourth-order valence-corrected chi connectivity index (χ4v) is 4.40. The molecule has 2 aromatic carbocycles. The molecule has 156 valence electrons. The molecule has 2 aromatic rings. The Kier molecular flexibility index (Phi) is 5.24. The number of esters is 1. The molecule has 4 rings (SSSR count). The molecule has 1 aliphatic carbocycles. The van der Waals surface area contributed by atoms with Gasteiger partial charge in [0.15, 0.2) is 5.78 Å². The molecule has 0 aromatic heterocycles. The first kappa shape index (κ1) is 20.6. The minimum Gasteiger partial charge on any atom is -0.459 e. The summed E-state index contributed by atoms with van der Waals surface area (Å²) in [5.74, 6) is -1.10. The van der Waals surface area contributed by atoms with E-state index in [1.165, 1.54) is 0 Å². The zero-order chi connectivity index (χ0) is 22.3. The topological polar surface area (TPSA) is 79.2 Å². The minimum absolute atomic E-state index is 0.0370. The predicted molar refractivity (Wildman–Crippen MR) is 118 cm³/mol. The first-order valence-corrected chi connectivity index (χ1v) is 10.5. The fraction of sp³-hybridized carbons (Fsp3) is 0.269. The SMILES string of the molecule is CCC(C)OC(=O)C1=C(C)NC(C)=C(C#N)C1c1cccc2c1-c1ccccc1C2=O. The van der Waals surface area contributed by atoms with Crippen LogP contribution < -0.4 is 5.32 Å². The van der Waals surface area contributed by atoms with E-state index in [0.717, 1.165) is 16.7 Å². The second kappa shape index (κ2) is 7.88. The summed E-state index contributed by atoms with van der Waals surface area (Å²) < 4.78 is 5.66. The van der Waals surface area contributed by atoms with Crippen molar-refractivity contribution in [3.63, 3.8) is 0 Å². The number of hydrogen-bond donors (Lipinski definition) is 1. The molecular weight excluding hydrogens is 388 g/mol. The normalized spacial score (nSPS) is 18.2. The van der Waals surface area contributed by atoms with Crippen LogP contribution in [0.5, 0.6) is 0 Å². The van der Waals surface area contributed by atoms with Gasteiger partial charge in [-0.3, -0.25) is 4.79 Å². The first-order valence-electron chi connectivity index (χ1n) is 10.5. The highest BCUT2D eigenvalue weighted by molar-refractivity contribution is 6.22. The van der Waals surface area contributed by atoms with Crippen LogP contribution in [0.3, 0.4) is 0 Å². The third-order valence-corrected chi connectivity index (χ3v) is 6.08.